The quantitative estimate of drug-likeness (QED) is 0.871. The molecule has 0 bridgehead atoms. The number of primary amides is 1. The molecule has 3 N–H and O–H groups in total. The average Bonchev–Trinajstić information content (AvgIpc) is 2.42. The molecule has 1 amide bonds. The monoisotopic (exact) mass is 280 g/mol. The molecule has 1 aliphatic carbocycles. The van der Waals surface area contributed by atoms with Gasteiger partial charge < -0.3 is 11.1 Å². The molecule has 104 valence electrons. The van der Waals surface area contributed by atoms with Crippen LogP contribution in [0.5, 0.6) is 0 Å². The fraction of sp³-hybridized carbons (Fsp3) is 0.533. The van der Waals surface area contributed by atoms with Crippen molar-refractivity contribution in [2.24, 2.45) is 5.73 Å². The van der Waals surface area contributed by atoms with Gasteiger partial charge in [0.2, 0.25) is 5.91 Å². The predicted molar refractivity (Wildman–Crippen MR) is 78.3 cm³/mol. The van der Waals surface area contributed by atoms with Crippen molar-refractivity contribution in [3.63, 3.8) is 0 Å². The Kier molecular flexibility index (Phi) is 5.23. The number of carbonyl (C=O) groups excluding carboxylic acids is 1. The number of halogens is 1. The van der Waals surface area contributed by atoms with Gasteiger partial charge in [0.25, 0.3) is 0 Å². The van der Waals surface area contributed by atoms with Crippen molar-refractivity contribution >= 4 is 17.5 Å². The summed E-state index contributed by atoms with van der Waals surface area (Å²) >= 11 is 5.86. The van der Waals surface area contributed by atoms with Crippen molar-refractivity contribution in [2.75, 3.05) is 6.54 Å². The van der Waals surface area contributed by atoms with Gasteiger partial charge in [-0.25, -0.2) is 0 Å². The Morgan fingerprint density at radius 2 is 1.89 bits per heavy atom. The molecule has 0 unspecified atom stereocenters. The predicted octanol–water partition coefficient (Wildman–Crippen LogP) is 2.83. The normalized spacial score (nSPS) is 18.2. The van der Waals surface area contributed by atoms with Gasteiger partial charge in [0.15, 0.2) is 0 Å². The van der Waals surface area contributed by atoms with Crippen molar-refractivity contribution in [2.45, 2.75) is 44.1 Å². The third-order valence-electron chi connectivity index (χ3n) is 3.83. The summed E-state index contributed by atoms with van der Waals surface area (Å²) < 4.78 is 0. The van der Waals surface area contributed by atoms with Crippen LogP contribution in [0.1, 0.15) is 43.6 Å². The molecule has 1 aromatic rings. The zero-order chi connectivity index (χ0) is 13.7. The van der Waals surface area contributed by atoms with Crippen LogP contribution in [0.3, 0.4) is 0 Å². The smallest absolute Gasteiger partial charge is 0.226 e. The number of benzene rings is 1. The molecule has 0 heterocycles. The summed E-state index contributed by atoms with van der Waals surface area (Å²) in [5, 5.41) is 4.16. The standard InChI is InChI=1S/C15H21ClN2O/c16-12-8-6-11(7-9-12)14(15(17)19)10-18-13-4-2-1-3-5-13/h6-9,13-14,18H,1-5,10H2,(H2,17,19)/t14-/m1/s1. The SMILES string of the molecule is NC(=O)[C@H](CNC1CCCCC1)c1ccc(Cl)cc1. The molecule has 1 atom stereocenters. The fourth-order valence-electron chi connectivity index (χ4n) is 2.67. The second-order valence-corrected chi connectivity index (χ2v) is 5.69. The van der Waals surface area contributed by atoms with Gasteiger partial charge in [0.05, 0.1) is 5.92 Å². The molecular weight excluding hydrogens is 260 g/mol. The first-order valence-corrected chi connectivity index (χ1v) is 7.33. The van der Waals surface area contributed by atoms with Gasteiger partial charge in [0.1, 0.15) is 0 Å². The first kappa shape index (κ1) is 14.4. The maximum Gasteiger partial charge on any atom is 0.226 e. The number of amides is 1. The largest absolute Gasteiger partial charge is 0.369 e. The minimum atomic E-state index is -0.286. The van der Waals surface area contributed by atoms with E-state index in [4.69, 9.17) is 17.3 Å². The molecule has 0 aliphatic heterocycles. The number of nitrogens with one attached hydrogen (secondary N) is 1. The topological polar surface area (TPSA) is 55.1 Å². The van der Waals surface area contributed by atoms with E-state index in [9.17, 15) is 4.79 Å². The Balaban J connectivity index is 1.96. The van der Waals surface area contributed by atoms with Crippen LogP contribution in [0.2, 0.25) is 5.02 Å². The molecule has 3 nitrogen and oxygen atoms in total. The van der Waals surface area contributed by atoms with E-state index in [-0.39, 0.29) is 11.8 Å². The van der Waals surface area contributed by atoms with Gasteiger partial charge in [-0.15, -0.1) is 0 Å². The van der Waals surface area contributed by atoms with E-state index in [0.29, 0.717) is 17.6 Å². The molecule has 19 heavy (non-hydrogen) atoms. The number of hydrogen-bond donors (Lipinski definition) is 2. The van der Waals surface area contributed by atoms with E-state index in [2.05, 4.69) is 5.32 Å². The molecule has 0 radical (unpaired) electrons. The van der Waals surface area contributed by atoms with Crippen LogP contribution in [-0.2, 0) is 4.79 Å². The summed E-state index contributed by atoms with van der Waals surface area (Å²) in [6, 6.07) is 7.88. The molecule has 1 saturated carbocycles. The van der Waals surface area contributed by atoms with E-state index in [1.54, 1.807) is 12.1 Å². The lowest BCUT2D eigenvalue weighted by Crippen LogP contribution is -2.38. The van der Waals surface area contributed by atoms with Gasteiger partial charge in [-0.05, 0) is 30.5 Å². The zero-order valence-electron chi connectivity index (χ0n) is 11.1. The summed E-state index contributed by atoms with van der Waals surface area (Å²) in [5.74, 6) is -0.565. The van der Waals surface area contributed by atoms with Crippen LogP contribution < -0.4 is 11.1 Å². The number of nitrogens with two attached hydrogens (primary N) is 1. The Hall–Kier alpha value is -1.06. The first-order valence-electron chi connectivity index (χ1n) is 6.95. The number of rotatable bonds is 5. The van der Waals surface area contributed by atoms with Gasteiger partial charge in [-0.2, -0.15) is 0 Å². The average molecular weight is 281 g/mol. The van der Waals surface area contributed by atoms with Crippen LogP contribution in [0.25, 0.3) is 0 Å². The third-order valence-corrected chi connectivity index (χ3v) is 4.08. The van der Waals surface area contributed by atoms with Gasteiger partial charge in [-0.1, -0.05) is 43.0 Å². The Morgan fingerprint density at radius 1 is 1.26 bits per heavy atom. The lowest BCUT2D eigenvalue weighted by Gasteiger charge is -2.25. The van der Waals surface area contributed by atoms with Crippen LogP contribution in [-0.4, -0.2) is 18.5 Å². The molecule has 0 spiro atoms. The lowest BCUT2D eigenvalue weighted by molar-refractivity contribution is -0.119. The highest BCUT2D eigenvalue weighted by atomic mass is 35.5. The highest BCUT2D eigenvalue weighted by molar-refractivity contribution is 6.30. The Morgan fingerprint density at radius 3 is 2.47 bits per heavy atom. The van der Waals surface area contributed by atoms with Crippen molar-refractivity contribution in [3.05, 3.63) is 34.9 Å². The maximum atomic E-state index is 11.6. The molecular formula is C15H21ClN2O. The summed E-state index contributed by atoms with van der Waals surface area (Å²) in [6.07, 6.45) is 6.28. The Bertz CT molecular complexity index is 413. The Labute approximate surface area is 119 Å². The third kappa shape index (κ3) is 4.22. The zero-order valence-corrected chi connectivity index (χ0v) is 11.8. The number of hydrogen-bond acceptors (Lipinski definition) is 2. The molecule has 0 aromatic heterocycles. The summed E-state index contributed by atoms with van der Waals surface area (Å²) in [4.78, 5) is 11.6. The van der Waals surface area contributed by atoms with Gasteiger partial charge >= 0.3 is 0 Å². The van der Waals surface area contributed by atoms with Gasteiger partial charge in [0, 0.05) is 17.6 Å². The fourth-order valence-corrected chi connectivity index (χ4v) is 2.80. The highest BCUT2D eigenvalue weighted by Gasteiger charge is 2.20. The summed E-state index contributed by atoms with van der Waals surface area (Å²) in [6.45, 7) is 0.613. The van der Waals surface area contributed by atoms with E-state index < -0.39 is 0 Å². The number of carbonyl (C=O) groups is 1. The second-order valence-electron chi connectivity index (χ2n) is 5.25. The molecule has 1 aliphatic rings. The minimum absolute atomic E-state index is 0.279. The highest BCUT2D eigenvalue weighted by Crippen LogP contribution is 2.21. The van der Waals surface area contributed by atoms with Crippen molar-refractivity contribution in [1.82, 2.24) is 5.32 Å². The summed E-state index contributed by atoms with van der Waals surface area (Å²) in [5.41, 5.74) is 6.44. The van der Waals surface area contributed by atoms with Crippen molar-refractivity contribution in [1.29, 1.82) is 0 Å². The molecule has 0 saturated heterocycles. The maximum absolute atomic E-state index is 11.6. The molecule has 1 aromatic carbocycles. The van der Waals surface area contributed by atoms with Crippen molar-refractivity contribution < 1.29 is 4.79 Å². The molecule has 4 heteroatoms. The van der Waals surface area contributed by atoms with Crippen LogP contribution in [0, 0.1) is 0 Å². The van der Waals surface area contributed by atoms with E-state index >= 15 is 0 Å². The minimum Gasteiger partial charge on any atom is -0.369 e. The molecule has 2 rings (SSSR count). The van der Waals surface area contributed by atoms with E-state index in [1.165, 1.54) is 32.1 Å². The van der Waals surface area contributed by atoms with Crippen molar-refractivity contribution in [3.8, 4) is 0 Å². The van der Waals surface area contributed by atoms with E-state index in [1.807, 2.05) is 12.1 Å². The second kappa shape index (κ2) is 6.92. The van der Waals surface area contributed by atoms with Gasteiger partial charge in [-0.3, -0.25) is 4.79 Å². The first-order chi connectivity index (χ1) is 9.16. The van der Waals surface area contributed by atoms with Crippen LogP contribution in [0.4, 0.5) is 0 Å². The van der Waals surface area contributed by atoms with Crippen LogP contribution >= 0.6 is 11.6 Å². The van der Waals surface area contributed by atoms with E-state index in [0.717, 1.165) is 5.56 Å². The lowest BCUT2D eigenvalue weighted by atomic mass is 9.93. The molecule has 1 fully saturated rings. The summed E-state index contributed by atoms with van der Waals surface area (Å²) in [7, 11) is 0. The van der Waals surface area contributed by atoms with Crippen LogP contribution in [0.15, 0.2) is 24.3 Å².